The normalized spacial score (nSPS) is 13.1. The van der Waals surface area contributed by atoms with Gasteiger partial charge in [0, 0.05) is 0 Å². The lowest BCUT2D eigenvalue weighted by Crippen LogP contribution is -2.09. The van der Waals surface area contributed by atoms with Crippen LogP contribution in [0.1, 0.15) is 23.1 Å². The standard InChI is InChI=1S/C10H11NOS/c1-7-2-3-9(12-7)10(11)8-4-5-13-6-8/h2-6,10H,11H2,1H3/t10-/m0/s1. The summed E-state index contributed by atoms with van der Waals surface area (Å²) in [6.07, 6.45) is 0. The first kappa shape index (κ1) is 8.53. The predicted octanol–water partition coefficient (Wildman–Crippen LogP) is 2.70. The SMILES string of the molecule is Cc1ccc([C@@H](N)c2ccsc2)o1. The van der Waals surface area contributed by atoms with E-state index in [1.165, 1.54) is 0 Å². The van der Waals surface area contributed by atoms with Crippen molar-refractivity contribution < 1.29 is 4.42 Å². The summed E-state index contributed by atoms with van der Waals surface area (Å²) < 4.78 is 5.45. The Balaban J connectivity index is 2.28. The van der Waals surface area contributed by atoms with Crippen LogP contribution in [0, 0.1) is 6.92 Å². The Bertz CT molecular complexity index is 377. The average molecular weight is 193 g/mol. The van der Waals surface area contributed by atoms with Crippen molar-refractivity contribution in [2.45, 2.75) is 13.0 Å². The van der Waals surface area contributed by atoms with Gasteiger partial charge in [0.15, 0.2) is 0 Å². The molecular formula is C10H11NOS. The summed E-state index contributed by atoms with van der Waals surface area (Å²) >= 11 is 1.65. The molecule has 2 nitrogen and oxygen atoms in total. The number of nitrogens with two attached hydrogens (primary N) is 1. The Morgan fingerprint density at radius 1 is 1.38 bits per heavy atom. The molecule has 0 bridgehead atoms. The van der Waals surface area contributed by atoms with Gasteiger partial charge in [0.05, 0.1) is 6.04 Å². The molecule has 0 aliphatic carbocycles. The van der Waals surface area contributed by atoms with Gasteiger partial charge >= 0.3 is 0 Å². The molecule has 0 unspecified atom stereocenters. The molecule has 68 valence electrons. The molecule has 2 aromatic rings. The second kappa shape index (κ2) is 3.36. The third-order valence-electron chi connectivity index (χ3n) is 1.97. The molecule has 0 aromatic carbocycles. The highest BCUT2D eigenvalue weighted by Gasteiger charge is 2.12. The van der Waals surface area contributed by atoms with Crippen molar-refractivity contribution in [2.75, 3.05) is 0 Å². The maximum atomic E-state index is 5.99. The molecule has 1 atom stereocenters. The van der Waals surface area contributed by atoms with E-state index in [0.717, 1.165) is 17.1 Å². The van der Waals surface area contributed by atoms with Gasteiger partial charge in [-0.3, -0.25) is 0 Å². The summed E-state index contributed by atoms with van der Waals surface area (Å²) in [6.45, 7) is 1.92. The largest absolute Gasteiger partial charge is 0.464 e. The first-order valence-corrected chi connectivity index (χ1v) is 5.05. The molecule has 2 N–H and O–H groups in total. The van der Waals surface area contributed by atoms with Crippen molar-refractivity contribution >= 4 is 11.3 Å². The molecule has 13 heavy (non-hydrogen) atoms. The minimum Gasteiger partial charge on any atom is -0.464 e. The third-order valence-corrected chi connectivity index (χ3v) is 2.67. The number of rotatable bonds is 2. The van der Waals surface area contributed by atoms with Gasteiger partial charge in [-0.25, -0.2) is 0 Å². The van der Waals surface area contributed by atoms with Gasteiger partial charge in [0.25, 0.3) is 0 Å². The van der Waals surface area contributed by atoms with Crippen LogP contribution in [0.3, 0.4) is 0 Å². The number of thiophene rings is 1. The van der Waals surface area contributed by atoms with E-state index in [2.05, 4.69) is 0 Å². The van der Waals surface area contributed by atoms with E-state index in [9.17, 15) is 0 Å². The molecule has 0 amide bonds. The van der Waals surface area contributed by atoms with Crippen LogP contribution in [-0.4, -0.2) is 0 Å². The van der Waals surface area contributed by atoms with Crippen LogP contribution in [0.15, 0.2) is 33.4 Å². The monoisotopic (exact) mass is 193 g/mol. The molecule has 0 aliphatic rings. The third kappa shape index (κ3) is 1.66. The number of hydrogen-bond donors (Lipinski definition) is 1. The zero-order valence-electron chi connectivity index (χ0n) is 7.36. The molecule has 0 fully saturated rings. The summed E-state index contributed by atoms with van der Waals surface area (Å²) in [5.74, 6) is 1.73. The molecule has 0 spiro atoms. The van der Waals surface area contributed by atoms with Crippen LogP contribution in [0.5, 0.6) is 0 Å². The molecular weight excluding hydrogens is 182 g/mol. The Labute approximate surface area is 81.0 Å². The van der Waals surface area contributed by atoms with Crippen molar-refractivity contribution in [3.05, 3.63) is 46.0 Å². The van der Waals surface area contributed by atoms with Gasteiger partial charge in [-0.2, -0.15) is 11.3 Å². The molecule has 2 heterocycles. The van der Waals surface area contributed by atoms with Gasteiger partial charge in [-0.1, -0.05) is 0 Å². The lowest BCUT2D eigenvalue weighted by atomic mass is 10.1. The highest BCUT2D eigenvalue weighted by molar-refractivity contribution is 7.07. The fraction of sp³-hybridized carbons (Fsp3) is 0.200. The second-order valence-electron chi connectivity index (χ2n) is 2.98. The lowest BCUT2D eigenvalue weighted by Gasteiger charge is -2.05. The number of furan rings is 1. The zero-order chi connectivity index (χ0) is 9.26. The van der Waals surface area contributed by atoms with E-state index in [4.69, 9.17) is 10.2 Å². The number of aryl methyl sites for hydroxylation is 1. The van der Waals surface area contributed by atoms with Crippen molar-refractivity contribution in [2.24, 2.45) is 5.73 Å². The van der Waals surface area contributed by atoms with E-state index in [1.54, 1.807) is 11.3 Å². The molecule has 0 saturated carbocycles. The van der Waals surface area contributed by atoms with Gasteiger partial charge in [0.2, 0.25) is 0 Å². The second-order valence-corrected chi connectivity index (χ2v) is 3.76. The molecule has 0 aliphatic heterocycles. The zero-order valence-corrected chi connectivity index (χ0v) is 8.17. The van der Waals surface area contributed by atoms with E-state index >= 15 is 0 Å². The average Bonchev–Trinajstić information content (AvgIpc) is 2.72. The summed E-state index contributed by atoms with van der Waals surface area (Å²) in [7, 11) is 0. The lowest BCUT2D eigenvalue weighted by molar-refractivity contribution is 0.466. The summed E-state index contributed by atoms with van der Waals surface area (Å²) in [5.41, 5.74) is 7.10. The van der Waals surface area contributed by atoms with E-state index < -0.39 is 0 Å². The van der Waals surface area contributed by atoms with Crippen LogP contribution < -0.4 is 5.73 Å². The van der Waals surface area contributed by atoms with Crippen molar-refractivity contribution in [3.8, 4) is 0 Å². The molecule has 0 saturated heterocycles. The fourth-order valence-electron chi connectivity index (χ4n) is 1.24. The highest BCUT2D eigenvalue weighted by atomic mass is 32.1. The van der Waals surface area contributed by atoms with Crippen LogP contribution in [-0.2, 0) is 0 Å². The molecule has 0 radical (unpaired) electrons. The Morgan fingerprint density at radius 2 is 2.23 bits per heavy atom. The van der Waals surface area contributed by atoms with E-state index in [1.807, 2.05) is 35.9 Å². The Hall–Kier alpha value is -1.06. The van der Waals surface area contributed by atoms with Gasteiger partial charge in [-0.05, 0) is 41.4 Å². The van der Waals surface area contributed by atoms with E-state index in [0.29, 0.717) is 0 Å². The quantitative estimate of drug-likeness (QED) is 0.796. The molecule has 3 heteroatoms. The van der Waals surface area contributed by atoms with Crippen LogP contribution in [0.25, 0.3) is 0 Å². The number of hydrogen-bond acceptors (Lipinski definition) is 3. The molecule has 2 aromatic heterocycles. The summed E-state index contributed by atoms with van der Waals surface area (Å²) in [4.78, 5) is 0. The van der Waals surface area contributed by atoms with Gasteiger partial charge in [-0.15, -0.1) is 0 Å². The van der Waals surface area contributed by atoms with Gasteiger partial charge in [0.1, 0.15) is 11.5 Å². The first-order chi connectivity index (χ1) is 6.27. The minimum atomic E-state index is -0.125. The maximum Gasteiger partial charge on any atom is 0.125 e. The Morgan fingerprint density at radius 3 is 2.77 bits per heavy atom. The first-order valence-electron chi connectivity index (χ1n) is 4.11. The van der Waals surface area contributed by atoms with Crippen molar-refractivity contribution in [1.29, 1.82) is 0 Å². The summed E-state index contributed by atoms with van der Waals surface area (Å²) in [5, 5.41) is 4.06. The van der Waals surface area contributed by atoms with E-state index in [-0.39, 0.29) is 6.04 Å². The highest BCUT2D eigenvalue weighted by Crippen LogP contribution is 2.22. The summed E-state index contributed by atoms with van der Waals surface area (Å²) in [6, 6.07) is 5.76. The van der Waals surface area contributed by atoms with Gasteiger partial charge < -0.3 is 10.2 Å². The minimum absolute atomic E-state index is 0.125. The van der Waals surface area contributed by atoms with Crippen molar-refractivity contribution in [1.82, 2.24) is 0 Å². The van der Waals surface area contributed by atoms with Crippen LogP contribution >= 0.6 is 11.3 Å². The smallest absolute Gasteiger partial charge is 0.125 e. The maximum absolute atomic E-state index is 5.99. The van der Waals surface area contributed by atoms with Crippen LogP contribution in [0.2, 0.25) is 0 Å². The van der Waals surface area contributed by atoms with Crippen LogP contribution in [0.4, 0.5) is 0 Å². The fourth-order valence-corrected chi connectivity index (χ4v) is 1.93. The van der Waals surface area contributed by atoms with Crippen molar-refractivity contribution in [3.63, 3.8) is 0 Å². The molecule has 2 rings (SSSR count). The Kier molecular flexibility index (Phi) is 2.20. The topological polar surface area (TPSA) is 39.2 Å². The predicted molar refractivity (Wildman–Crippen MR) is 53.8 cm³/mol.